The van der Waals surface area contributed by atoms with Crippen molar-refractivity contribution in [3.63, 3.8) is 0 Å². The Labute approximate surface area is 158 Å². The van der Waals surface area contributed by atoms with E-state index in [4.69, 9.17) is 0 Å². The highest BCUT2D eigenvalue weighted by Crippen LogP contribution is 2.22. The van der Waals surface area contributed by atoms with Crippen LogP contribution in [0.3, 0.4) is 0 Å². The van der Waals surface area contributed by atoms with Crippen molar-refractivity contribution in [1.29, 1.82) is 0 Å². The van der Waals surface area contributed by atoms with Gasteiger partial charge in [-0.1, -0.05) is 12.1 Å². The second-order valence-electron chi connectivity index (χ2n) is 5.11. The number of nitrogens with zero attached hydrogens (tertiary/aromatic N) is 2. The van der Waals surface area contributed by atoms with Gasteiger partial charge in [-0.15, -0.1) is 23.5 Å². The topological polar surface area (TPSA) is 104 Å². The number of ether oxygens (including phenoxy) is 2. The van der Waals surface area contributed by atoms with Gasteiger partial charge in [0.15, 0.2) is 0 Å². The predicted octanol–water partition coefficient (Wildman–Crippen LogP) is 1.71. The molecule has 0 amide bonds. The number of methoxy groups -OCH3 is 2. The van der Waals surface area contributed by atoms with Gasteiger partial charge in [-0.05, 0) is 6.07 Å². The van der Waals surface area contributed by atoms with E-state index in [1.54, 1.807) is 24.3 Å². The quantitative estimate of drug-likeness (QED) is 0.489. The van der Waals surface area contributed by atoms with E-state index in [1.807, 2.05) is 0 Å². The van der Waals surface area contributed by atoms with Gasteiger partial charge in [-0.3, -0.25) is 9.59 Å². The number of benzene rings is 1. The zero-order valence-corrected chi connectivity index (χ0v) is 15.9. The van der Waals surface area contributed by atoms with Gasteiger partial charge in [-0.2, -0.15) is 0 Å². The van der Waals surface area contributed by atoms with E-state index in [0.29, 0.717) is 9.16 Å². The van der Waals surface area contributed by atoms with Crippen LogP contribution in [-0.4, -0.2) is 42.4 Å². The number of fused-ring (bicyclic) bond motifs is 1. The fourth-order valence-corrected chi connectivity index (χ4v) is 3.92. The average Bonchev–Trinajstić information content (AvgIpc) is 2.67. The number of carbonyl (C=O) groups is 2. The monoisotopic (exact) mass is 398 g/mol. The SMILES string of the molecule is COC(=O)CSCc1c(CSCC(=O)OC)[n+](=O)c2ccccc2n1[O-]. The number of thioether (sulfide) groups is 2. The molecular formula is C16H18N2O6S2. The molecule has 0 radical (unpaired) electrons. The molecule has 0 saturated carbocycles. The zero-order valence-electron chi connectivity index (χ0n) is 14.3. The Morgan fingerprint density at radius 1 is 1.08 bits per heavy atom. The van der Waals surface area contributed by atoms with Gasteiger partial charge >= 0.3 is 11.9 Å². The van der Waals surface area contributed by atoms with Crippen LogP contribution >= 0.6 is 23.5 Å². The molecule has 1 heterocycles. The molecule has 0 fully saturated rings. The van der Waals surface area contributed by atoms with E-state index in [1.165, 1.54) is 37.7 Å². The first-order chi connectivity index (χ1) is 12.5. The molecule has 1 aromatic heterocycles. The molecule has 0 aliphatic rings. The lowest BCUT2D eigenvalue weighted by Gasteiger charge is -2.18. The average molecular weight is 398 g/mol. The third kappa shape index (κ3) is 4.70. The van der Waals surface area contributed by atoms with Crippen LogP contribution in [0, 0.1) is 10.1 Å². The van der Waals surface area contributed by atoms with E-state index >= 15 is 0 Å². The molecule has 140 valence electrons. The molecule has 0 saturated heterocycles. The zero-order chi connectivity index (χ0) is 19.1. The lowest BCUT2D eigenvalue weighted by molar-refractivity contribution is -0.474. The van der Waals surface area contributed by atoms with Crippen molar-refractivity contribution >= 4 is 46.5 Å². The standard InChI is InChI=1S/C16H18N2O6S2/c1-23-15(19)9-25-7-13-14(8-26-10-16(20)24-2)18(22)12-6-4-3-5-11(12)17(13)21/h3-6H,7-10H2,1-2H3. The fourth-order valence-electron chi connectivity index (χ4n) is 2.20. The Hall–Kier alpha value is -2.20. The molecule has 10 heteroatoms. The summed E-state index contributed by atoms with van der Waals surface area (Å²) < 4.78 is 10.6. The fraction of sp³-hybridized carbons (Fsp3) is 0.375. The van der Waals surface area contributed by atoms with Crippen LogP contribution in [0.25, 0.3) is 11.0 Å². The first-order valence-electron chi connectivity index (χ1n) is 7.54. The maximum Gasteiger partial charge on any atom is 0.315 e. The number of carbonyl (C=O) groups excluding carboxylic acids is 2. The van der Waals surface area contributed by atoms with Crippen LogP contribution in [0.1, 0.15) is 11.4 Å². The normalized spacial score (nSPS) is 10.7. The molecule has 0 aliphatic carbocycles. The lowest BCUT2D eigenvalue weighted by atomic mass is 10.2. The minimum atomic E-state index is -0.412. The van der Waals surface area contributed by atoms with Gasteiger partial charge < -0.3 is 19.4 Å². The molecular weight excluding hydrogens is 380 g/mol. The first-order valence-corrected chi connectivity index (χ1v) is 9.85. The number of esters is 2. The number of rotatable bonds is 8. The third-order valence-electron chi connectivity index (χ3n) is 3.52. The van der Waals surface area contributed by atoms with Gasteiger partial charge in [0.05, 0.1) is 41.6 Å². The van der Waals surface area contributed by atoms with Crippen molar-refractivity contribution in [3.05, 3.63) is 45.8 Å². The van der Waals surface area contributed by atoms with E-state index in [9.17, 15) is 19.7 Å². The highest BCUT2D eigenvalue weighted by molar-refractivity contribution is 7.99. The van der Waals surface area contributed by atoms with E-state index in [2.05, 4.69) is 9.47 Å². The molecule has 1 aromatic carbocycles. The van der Waals surface area contributed by atoms with Crippen LogP contribution in [0.2, 0.25) is 0 Å². The maximum atomic E-state index is 12.7. The predicted molar refractivity (Wildman–Crippen MR) is 100 cm³/mol. The summed E-state index contributed by atoms with van der Waals surface area (Å²) in [7, 11) is 2.57. The van der Waals surface area contributed by atoms with Gasteiger partial charge in [0, 0.05) is 16.7 Å². The minimum Gasteiger partial charge on any atom is -0.805 e. The van der Waals surface area contributed by atoms with Crippen molar-refractivity contribution in [2.45, 2.75) is 11.5 Å². The molecule has 8 nitrogen and oxygen atoms in total. The lowest BCUT2D eigenvalue weighted by Crippen LogP contribution is -2.27. The molecule has 0 aliphatic heterocycles. The van der Waals surface area contributed by atoms with Crippen molar-refractivity contribution in [1.82, 2.24) is 4.73 Å². The maximum absolute atomic E-state index is 12.7. The van der Waals surface area contributed by atoms with Gasteiger partial charge in [0.1, 0.15) is 5.52 Å². The molecule has 0 unspecified atom stereocenters. The van der Waals surface area contributed by atoms with E-state index in [-0.39, 0.29) is 45.4 Å². The number of hydrogen-bond acceptors (Lipinski definition) is 8. The molecule has 26 heavy (non-hydrogen) atoms. The number of hydrogen-bond donors (Lipinski definition) is 0. The van der Waals surface area contributed by atoms with Crippen LogP contribution < -0.4 is 4.43 Å². The minimum absolute atomic E-state index is 0.0664. The summed E-state index contributed by atoms with van der Waals surface area (Å²) in [5.74, 6) is -0.359. The Morgan fingerprint density at radius 2 is 1.65 bits per heavy atom. The Morgan fingerprint density at radius 3 is 2.27 bits per heavy atom. The highest BCUT2D eigenvalue weighted by Gasteiger charge is 2.23. The van der Waals surface area contributed by atoms with Gasteiger partial charge in [-0.25, -0.2) is 0 Å². The summed E-state index contributed by atoms with van der Waals surface area (Å²) in [6.45, 7) is 0. The molecule has 0 atom stereocenters. The highest BCUT2D eigenvalue weighted by atomic mass is 32.2. The summed E-state index contributed by atoms with van der Waals surface area (Å²) in [4.78, 5) is 35.3. The Bertz CT molecular complexity index is 868. The molecule has 2 rings (SSSR count). The summed E-state index contributed by atoms with van der Waals surface area (Å²) in [6, 6.07) is 6.48. The largest absolute Gasteiger partial charge is 0.805 e. The summed E-state index contributed by atoms with van der Waals surface area (Å²) in [6.07, 6.45) is 0. The molecule has 0 spiro atoms. The Balaban J connectivity index is 2.36. The van der Waals surface area contributed by atoms with Crippen molar-refractivity contribution < 1.29 is 23.5 Å². The van der Waals surface area contributed by atoms with Crippen LogP contribution in [-0.2, 0) is 30.6 Å². The van der Waals surface area contributed by atoms with E-state index in [0.717, 1.165) is 0 Å². The summed E-state index contributed by atoms with van der Waals surface area (Å²) in [5, 5.41) is 12.7. The van der Waals surface area contributed by atoms with Crippen molar-refractivity contribution in [2.75, 3.05) is 25.7 Å². The number of para-hydroxylation sites is 2. The summed E-state index contributed by atoms with van der Waals surface area (Å²) >= 11 is 2.36. The van der Waals surface area contributed by atoms with Crippen molar-refractivity contribution in [3.8, 4) is 0 Å². The van der Waals surface area contributed by atoms with Crippen molar-refractivity contribution in [2.24, 2.45) is 0 Å². The molecule has 0 N–H and O–H groups in total. The van der Waals surface area contributed by atoms with E-state index < -0.39 is 11.9 Å². The third-order valence-corrected chi connectivity index (χ3v) is 5.35. The molecule has 0 bridgehead atoms. The van der Waals surface area contributed by atoms with Gasteiger partial charge in [0.25, 0.3) is 11.2 Å². The molecule has 2 aromatic rings. The van der Waals surface area contributed by atoms with Gasteiger partial charge in [0.2, 0.25) is 0 Å². The van der Waals surface area contributed by atoms with Crippen LogP contribution in [0.15, 0.2) is 24.3 Å². The first kappa shape index (κ1) is 20.1. The second kappa shape index (κ2) is 9.48. The Kier molecular flexibility index (Phi) is 7.34. The van der Waals surface area contributed by atoms with Crippen LogP contribution in [0.5, 0.6) is 0 Å². The smallest absolute Gasteiger partial charge is 0.315 e. The number of aromatic nitrogens is 2. The summed E-state index contributed by atoms with van der Waals surface area (Å²) in [5.41, 5.74) is 1.01. The van der Waals surface area contributed by atoms with Crippen LogP contribution in [0.4, 0.5) is 0 Å². The second-order valence-corrected chi connectivity index (χ2v) is 7.08.